The number of carboxylic acids is 1. The third-order valence-electron chi connectivity index (χ3n) is 5.25. The van der Waals surface area contributed by atoms with Gasteiger partial charge in [-0.05, 0) is 83.0 Å². The summed E-state index contributed by atoms with van der Waals surface area (Å²) in [6.45, 7) is 1.82. The maximum Gasteiger partial charge on any atom is 0.339 e. The molecule has 3 aromatic rings. The van der Waals surface area contributed by atoms with Gasteiger partial charge in [-0.15, -0.1) is 0 Å². The molecule has 4 amide bonds. The summed E-state index contributed by atoms with van der Waals surface area (Å²) in [5.74, 6) is -3.04. The summed E-state index contributed by atoms with van der Waals surface area (Å²) in [5, 5.41) is 11.1. The third-order valence-corrected chi connectivity index (χ3v) is 7.12. The van der Waals surface area contributed by atoms with E-state index in [1.165, 1.54) is 60.7 Å². The number of anilines is 1. The molecule has 0 unspecified atom stereocenters. The highest BCUT2D eigenvalue weighted by Crippen LogP contribution is 2.30. The minimum absolute atomic E-state index is 0.0162. The number of benzene rings is 3. The molecule has 1 fully saturated rings. The van der Waals surface area contributed by atoms with Gasteiger partial charge in [0.05, 0.1) is 15.7 Å². The number of nitrogens with zero attached hydrogens (tertiary/aromatic N) is 1. The van der Waals surface area contributed by atoms with Gasteiger partial charge < -0.3 is 9.29 Å². The topological polar surface area (TPSA) is 147 Å². The van der Waals surface area contributed by atoms with Gasteiger partial charge in [0, 0.05) is 0 Å². The van der Waals surface area contributed by atoms with Crippen molar-refractivity contribution in [2.24, 2.45) is 0 Å². The average molecular weight is 585 g/mol. The van der Waals surface area contributed by atoms with Gasteiger partial charge in [0.25, 0.3) is 11.8 Å². The molecule has 1 heterocycles. The largest absolute Gasteiger partial charge is 0.478 e. The Bertz CT molecular complexity index is 1580. The number of nitrogens with one attached hydrogen (secondary N) is 1. The lowest BCUT2D eigenvalue weighted by Crippen LogP contribution is -2.54. The molecule has 0 aliphatic carbocycles. The third kappa shape index (κ3) is 5.44. The lowest BCUT2D eigenvalue weighted by atomic mass is 10.1. The van der Waals surface area contributed by atoms with E-state index in [0.717, 1.165) is 5.56 Å². The maximum absolute atomic E-state index is 13.0. The SMILES string of the molecule is Cc1ccc(S(=O)(=O)Oc2ccc(/C=C3\C(=O)NC(=O)N(c4ccc(C(=O)O)cc4)C3=O)cc2Br)cc1. The number of carbonyl (C=O) groups excluding carboxylic acids is 3. The molecular formula is C25H17BrN2O8S. The number of barbiturate groups is 1. The van der Waals surface area contributed by atoms with Crippen molar-refractivity contribution in [3.05, 3.63) is 93.5 Å². The van der Waals surface area contributed by atoms with E-state index >= 15 is 0 Å². The zero-order valence-corrected chi connectivity index (χ0v) is 21.4. The summed E-state index contributed by atoms with van der Waals surface area (Å²) < 4.78 is 30.6. The molecule has 0 aromatic heterocycles. The highest BCUT2D eigenvalue weighted by Gasteiger charge is 2.37. The van der Waals surface area contributed by atoms with Crippen LogP contribution in [0.25, 0.3) is 6.08 Å². The number of rotatable bonds is 6. The summed E-state index contributed by atoms with van der Waals surface area (Å²) in [4.78, 5) is 49.6. The van der Waals surface area contributed by atoms with Crippen LogP contribution in [0.3, 0.4) is 0 Å². The van der Waals surface area contributed by atoms with Gasteiger partial charge in [0.2, 0.25) is 0 Å². The second-order valence-electron chi connectivity index (χ2n) is 7.85. The van der Waals surface area contributed by atoms with Gasteiger partial charge in [0.1, 0.15) is 10.5 Å². The van der Waals surface area contributed by atoms with Gasteiger partial charge in [0.15, 0.2) is 5.75 Å². The molecular weight excluding hydrogens is 568 g/mol. The van der Waals surface area contributed by atoms with Crippen LogP contribution >= 0.6 is 15.9 Å². The summed E-state index contributed by atoms with van der Waals surface area (Å²) >= 11 is 3.24. The van der Waals surface area contributed by atoms with Crippen LogP contribution in [0.5, 0.6) is 5.75 Å². The first-order chi connectivity index (χ1) is 17.5. The monoisotopic (exact) mass is 584 g/mol. The minimum atomic E-state index is -4.11. The summed E-state index contributed by atoms with van der Waals surface area (Å²) in [5.41, 5.74) is 0.876. The van der Waals surface area contributed by atoms with Crippen LogP contribution in [0.4, 0.5) is 10.5 Å². The van der Waals surface area contributed by atoms with Gasteiger partial charge in [-0.3, -0.25) is 14.9 Å². The normalized spacial score (nSPS) is 15.0. The lowest BCUT2D eigenvalue weighted by molar-refractivity contribution is -0.122. The molecule has 1 saturated heterocycles. The van der Waals surface area contributed by atoms with E-state index in [0.29, 0.717) is 10.5 Å². The quantitative estimate of drug-likeness (QED) is 0.252. The van der Waals surface area contributed by atoms with Crippen molar-refractivity contribution in [1.29, 1.82) is 0 Å². The highest BCUT2D eigenvalue weighted by atomic mass is 79.9. The first kappa shape index (κ1) is 25.8. The summed E-state index contributed by atoms with van der Waals surface area (Å²) in [6, 6.07) is 14.3. The fourth-order valence-electron chi connectivity index (χ4n) is 3.36. The number of aromatic carboxylic acids is 1. The zero-order valence-electron chi connectivity index (χ0n) is 19.0. The molecule has 10 nitrogen and oxygen atoms in total. The lowest BCUT2D eigenvalue weighted by Gasteiger charge is -2.26. The van der Waals surface area contributed by atoms with Gasteiger partial charge >= 0.3 is 22.1 Å². The van der Waals surface area contributed by atoms with Crippen molar-refractivity contribution in [3.63, 3.8) is 0 Å². The van der Waals surface area contributed by atoms with Crippen LogP contribution in [0.2, 0.25) is 0 Å². The Kier molecular flexibility index (Phi) is 6.96. The summed E-state index contributed by atoms with van der Waals surface area (Å²) in [6.07, 6.45) is 1.23. The molecule has 1 aliphatic rings. The Labute approximate surface area is 219 Å². The minimum Gasteiger partial charge on any atom is -0.478 e. The van der Waals surface area contributed by atoms with Crippen molar-refractivity contribution in [2.75, 3.05) is 4.90 Å². The smallest absolute Gasteiger partial charge is 0.339 e. The van der Waals surface area contributed by atoms with Crippen LogP contribution in [0, 0.1) is 6.92 Å². The van der Waals surface area contributed by atoms with Gasteiger partial charge in [-0.2, -0.15) is 8.42 Å². The van der Waals surface area contributed by atoms with Gasteiger partial charge in [-0.25, -0.2) is 14.5 Å². The van der Waals surface area contributed by atoms with E-state index in [2.05, 4.69) is 21.2 Å². The molecule has 3 aromatic carbocycles. The highest BCUT2D eigenvalue weighted by molar-refractivity contribution is 9.10. The number of carboxylic acid groups (broad SMARTS) is 1. The average Bonchev–Trinajstić information content (AvgIpc) is 2.84. The van der Waals surface area contributed by atoms with Crippen LogP contribution in [-0.2, 0) is 19.7 Å². The van der Waals surface area contributed by atoms with Crippen LogP contribution in [0.1, 0.15) is 21.5 Å². The Morgan fingerprint density at radius 2 is 1.65 bits per heavy atom. The summed E-state index contributed by atoms with van der Waals surface area (Å²) in [7, 11) is -4.11. The molecule has 0 atom stereocenters. The fraction of sp³-hybridized carbons (Fsp3) is 0.0400. The Morgan fingerprint density at radius 1 is 1.00 bits per heavy atom. The number of hydrogen-bond donors (Lipinski definition) is 2. The second kappa shape index (κ2) is 9.99. The number of carbonyl (C=O) groups is 4. The van der Waals surface area contributed by atoms with Crippen LogP contribution < -0.4 is 14.4 Å². The zero-order chi connectivity index (χ0) is 26.9. The van der Waals surface area contributed by atoms with E-state index in [1.807, 2.05) is 6.92 Å². The predicted octanol–water partition coefficient (Wildman–Crippen LogP) is 3.89. The molecule has 1 aliphatic heterocycles. The number of amides is 4. The molecule has 0 bridgehead atoms. The molecule has 0 spiro atoms. The molecule has 2 N–H and O–H groups in total. The van der Waals surface area contributed by atoms with E-state index in [1.54, 1.807) is 12.1 Å². The molecule has 0 saturated carbocycles. The maximum atomic E-state index is 13.0. The van der Waals surface area contributed by atoms with Crippen molar-refractivity contribution < 1.29 is 36.9 Å². The van der Waals surface area contributed by atoms with E-state index < -0.39 is 33.9 Å². The number of hydrogen-bond acceptors (Lipinski definition) is 7. The molecule has 188 valence electrons. The van der Waals surface area contributed by atoms with Crippen LogP contribution in [0.15, 0.2) is 81.7 Å². The fourth-order valence-corrected chi connectivity index (χ4v) is 4.89. The standard InChI is InChI=1S/C25H17BrN2O8S/c1-14-2-9-18(10-3-14)37(34,35)36-21-11-4-15(13-20(21)26)12-19-22(29)27-25(33)28(23(19)30)17-7-5-16(6-8-17)24(31)32/h2-13H,1H3,(H,31,32)(H,27,29,33)/b19-12+. The second-order valence-corrected chi connectivity index (χ2v) is 10.3. The van der Waals surface area contributed by atoms with E-state index in [-0.39, 0.29) is 31.9 Å². The molecule has 0 radical (unpaired) electrons. The number of halogens is 1. The van der Waals surface area contributed by atoms with Crippen LogP contribution in [-0.4, -0.2) is 37.3 Å². The van der Waals surface area contributed by atoms with E-state index in [4.69, 9.17) is 9.29 Å². The van der Waals surface area contributed by atoms with Crippen molar-refractivity contribution in [1.82, 2.24) is 5.32 Å². The van der Waals surface area contributed by atoms with E-state index in [9.17, 15) is 27.6 Å². The number of imide groups is 2. The number of aryl methyl sites for hydroxylation is 1. The van der Waals surface area contributed by atoms with Crippen molar-refractivity contribution >= 4 is 61.6 Å². The Hall–Kier alpha value is -4.29. The predicted molar refractivity (Wildman–Crippen MR) is 136 cm³/mol. The number of urea groups is 1. The van der Waals surface area contributed by atoms with Gasteiger partial charge in [-0.1, -0.05) is 23.8 Å². The molecule has 12 heteroatoms. The Balaban J connectivity index is 1.61. The first-order valence-corrected chi connectivity index (χ1v) is 12.7. The molecule has 37 heavy (non-hydrogen) atoms. The van der Waals surface area contributed by atoms with Crippen molar-refractivity contribution in [2.45, 2.75) is 11.8 Å². The Morgan fingerprint density at radius 3 is 2.24 bits per heavy atom. The molecule has 4 rings (SSSR count). The van der Waals surface area contributed by atoms with Crippen molar-refractivity contribution in [3.8, 4) is 5.75 Å². The first-order valence-electron chi connectivity index (χ1n) is 10.5.